The van der Waals surface area contributed by atoms with E-state index in [4.69, 9.17) is 16.3 Å². The SMILES string of the molecule is CC(C)(C)OC(=O)Nc1cc(C2CC(=O)OC(=O)C2)ccc1Cl. The quantitative estimate of drug-likeness (QED) is 0.657. The zero-order valence-corrected chi connectivity index (χ0v) is 13.9. The average molecular weight is 340 g/mol. The molecular weight excluding hydrogens is 322 g/mol. The summed E-state index contributed by atoms with van der Waals surface area (Å²) in [5, 5.41) is 2.91. The summed E-state index contributed by atoms with van der Waals surface area (Å²) < 4.78 is 9.70. The van der Waals surface area contributed by atoms with Gasteiger partial charge in [-0.2, -0.15) is 0 Å². The second-order valence-corrected chi connectivity index (χ2v) is 6.72. The summed E-state index contributed by atoms with van der Waals surface area (Å²) in [7, 11) is 0. The molecule has 0 spiro atoms. The molecule has 0 saturated carbocycles. The van der Waals surface area contributed by atoms with E-state index in [1.54, 1.807) is 39.0 Å². The molecule has 2 rings (SSSR count). The Hall–Kier alpha value is -2.08. The summed E-state index contributed by atoms with van der Waals surface area (Å²) in [5.41, 5.74) is 0.462. The van der Waals surface area contributed by atoms with Crippen LogP contribution >= 0.6 is 11.6 Å². The first-order valence-electron chi connectivity index (χ1n) is 7.17. The minimum absolute atomic E-state index is 0.110. The van der Waals surface area contributed by atoms with Crippen LogP contribution in [0.5, 0.6) is 0 Å². The third kappa shape index (κ3) is 4.96. The van der Waals surface area contributed by atoms with Gasteiger partial charge in [-0.25, -0.2) is 4.79 Å². The number of amides is 1. The van der Waals surface area contributed by atoms with Gasteiger partial charge in [0.05, 0.1) is 23.6 Å². The van der Waals surface area contributed by atoms with Crippen molar-refractivity contribution >= 4 is 35.3 Å². The maximum atomic E-state index is 11.9. The summed E-state index contributed by atoms with van der Waals surface area (Å²) in [6.07, 6.45) is -0.408. The Morgan fingerprint density at radius 1 is 1.26 bits per heavy atom. The molecule has 6 nitrogen and oxygen atoms in total. The predicted octanol–water partition coefficient (Wildman–Crippen LogP) is 3.63. The molecule has 0 bridgehead atoms. The number of carbonyl (C=O) groups is 3. The molecular formula is C16H18ClNO5. The van der Waals surface area contributed by atoms with Crippen LogP contribution in [0.3, 0.4) is 0 Å². The molecule has 124 valence electrons. The molecule has 1 fully saturated rings. The monoisotopic (exact) mass is 339 g/mol. The van der Waals surface area contributed by atoms with Crippen LogP contribution < -0.4 is 5.32 Å². The third-order valence-electron chi connectivity index (χ3n) is 3.15. The first-order chi connectivity index (χ1) is 10.6. The molecule has 0 unspecified atom stereocenters. The molecule has 1 aromatic carbocycles. The van der Waals surface area contributed by atoms with Crippen molar-refractivity contribution in [3.63, 3.8) is 0 Å². The van der Waals surface area contributed by atoms with Crippen LogP contribution in [-0.4, -0.2) is 23.6 Å². The molecule has 1 aliphatic rings. The minimum atomic E-state index is -0.631. The van der Waals surface area contributed by atoms with Crippen LogP contribution in [0.25, 0.3) is 0 Å². The highest BCUT2D eigenvalue weighted by atomic mass is 35.5. The largest absolute Gasteiger partial charge is 0.444 e. The van der Waals surface area contributed by atoms with Crippen molar-refractivity contribution in [3.8, 4) is 0 Å². The highest BCUT2D eigenvalue weighted by molar-refractivity contribution is 6.33. The smallest absolute Gasteiger partial charge is 0.412 e. The average Bonchev–Trinajstić information content (AvgIpc) is 2.38. The summed E-state index contributed by atoms with van der Waals surface area (Å²) in [6, 6.07) is 4.97. The summed E-state index contributed by atoms with van der Waals surface area (Å²) in [4.78, 5) is 34.6. The van der Waals surface area contributed by atoms with Gasteiger partial charge in [-0.15, -0.1) is 0 Å². The van der Waals surface area contributed by atoms with Crippen molar-refractivity contribution in [2.75, 3.05) is 5.32 Å². The Labute approximate surface area is 139 Å². The lowest BCUT2D eigenvalue weighted by atomic mass is 9.91. The van der Waals surface area contributed by atoms with Crippen molar-refractivity contribution in [3.05, 3.63) is 28.8 Å². The second kappa shape index (κ2) is 6.58. The number of hydrogen-bond acceptors (Lipinski definition) is 5. The van der Waals surface area contributed by atoms with E-state index in [0.717, 1.165) is 5.56 Å². The van der Waals surface area contributed by atoms with E-state index in [1.165, 1.54) is 0 Å². The van der Waals surface area contributed by atoms with E-state index in [9.17, 15) is 14.4 Å². The van der Waals surface area contributed by atoms with E-state index < -0.39 is 23.6 Å². The van der Waals surface area contributed by atoms with Crippen molar-refractivity contribution in [1.29, 1.82) is 0 Å². The van der Waals surface area contributed by atoms with Gasteiger partial charge in [-0.1, -0.05) is 17.7 Å². The fourth-order valence-electron chi connectivity index (χ4n) is 2.23. The lowest BCUT2D eigenvalue weighted by Crippen LogP contribution is -2.27. The van der Waals surface area contributed by atoms with Gasteiger partial charge in [0.2, 0.25) is 0 Å². The zero-order chi connectivity index (χ0) is 17.2. The molecule has 1 aromatic rings. The maximum absolute atomic E-state index is 11.9. The van der Waals surface area contributed by atoms with E-state index in [1.807, 2.05) is 0 Å². The molecule has 1 amide bonds. The number of esters is 2. The first-order valence-corrected chi connectivity index (χ1v) is 7.55. The number of rotatable bonds is 2. The fourth-order valence-corrected chi connectivity index (χ4v) is 2.39. The predicted molar refractivity (Wildman–Crippen MR) is 84.4 cm³/mol. The van der Waals surface area contributed by atoms with Gasteiger partial charge in [0.15, 0.2) is 0 Å². The standard InChI is InChI=1S/C16H18ClNO5/c1-16(2,3)23-15(21)18-12-6-9(4-5-11(12)17)10-7-13(19)22-14(20)8-10/h4-6,10H,7-8H2,1-3H3,(H,18,21). The topological polar surface area (TPSA) is 81.7 Å². The van der Waals surface area contributed by atoms with Gasteiger partial charge < -0.3 is 9.47 Å². The molecule has 1 saturated heterocycles. The van der Waals surface area contributed by atoms with Crippen molar-refractivity contribution in [1.82, 2.24) is 0 Å². The Balaban J connectivity index is 2.17. The molecule has 23 heavy (non-hydrogen) atoms. The first kappa shape index (κ1) is 17.3. The van der Waals surface area contributed by atoms with Crippen molar-refractivity contribution in [2.24, 2.45) is 0 Å². The summed E-state index contributed by atoms with van der Waals surface area (Å²) >= 11 is 6.08. The lowest BCUT2D eigenvalue weighted by Gasteiger charge is -2.22. The van der Waals surface area contributed by atoms with Crippen molar-refractivity contribution in [2.45, 2.75) is 45.1 Å². The van der Waals surface area contributed by atoms with Gasteiger partial charge in [0, 0.05) is 5.92 Å². The van der Waals surface area contributed by atoms with Crippen LogP contribution in [0, 0.1) is 0 Å². The van der Waals surface area contributed by atoms with Gasteiger partial charge in [-0.3, -0.25) is 14.9 Å². The van der Waals surface area contributed by atoms with E-state index in [2.05, 4.69) is 10.1 Å². The molecule has 1 heterocycles. The molecule has 0 aromatic heterocycles. The van der Waals surface area contributed by atoms with Crippen LogP contribution in [0.2, 0.25) is 5.02 Å². The number of anilines is 1. The molecule has 0 radical (unpaired) electrons. The molecule has 1 aliphatic heterocycles. The van der Waals surface area contributed by atoms with Gasteiger partial charge in [0.1, 0.15) is 5.60 Å². The molecule has 1 N–H and O–H groups in total. The van der Waals surface area contributed by atoms with E-state index in [0.29, 0.717) is 10.7 Å². The minimum Gasteiger partial charge on any atom is -0.444 e. The number of hydrogen-bond donors (Lipinski definition) is 1. The Bertz CT molecular complexity index is 634. The van der Waals surface area contributed by atoms with Gasteiger partial charge in [0.25, 0.3) is 0 Å². The normalized spacial score (nSPS) is 16.0. The highest BCUT2D eigenvalue weighted by Crippen LogP contribution is 2.33. The van der Waals surface area contributed by atoms with Crippen LogP contribution in [0.1, 0.15) is 45.1 Å². The number of halogens is 1. The zero-order valence-electron chi connectivity index (χ0n) is 13.1. The molecule has 7 heteroatoms. The lowest BCUT2D eigenvalue weighted by molar-refractivity contribution is -0.163. The fraction of sp³-hybridized carbons (Fsp3) is 0.438. The number of cyclic esters (lactones) is 2. The van der Waals surface area contributed by atoms with E-state index >= 15 is 0 Å². The van der Waals surface area contributed by atoms with Crippen molar-refractivity contribution < 1.29 is 23.9 Å². The number of carbonyl (C=O) groups excluding carboxylic acids is 3. The number of nitrogens with one attached hydrogen (secondary N) is 1. The molecule has 0 atom stereocenters. The Morgan fingerprint density at radius 3 is 2.43 bits per heavy atom. The van der Waals surface area contributed by atoms with Gasteiger partial charge in [-0.05, 0) is 38.5 Å². The summed E-state index contributed by atoms with van der Waals surface area (Å²) in [6.45, 7) is 5.26. The highest BCUT2D eigenvalue weighted by Gasteiger charge is 2.28. The number of benzene rings is 1. The second-order valence-electron chi connectivity index (χ2n) is 6.32. The maximum Gasteiger partial charge on any atom is 0.412 e. The van der Waals surface area contributed by atoms with E-state index in [-0.39, 0.29) is 18.8 Å². The summed E-state index contributed by atoms with van der Waals surface area (Å²) in [5.74, 6) is -1.40. The van der Waals surface area contributed by atoms with Gasteiger partial charge >= 0.3 is 18.0 Å². The number of ether oxygens (including phenoxy) is 2. The van der Waals surface area contributed by atoms with Crippen LogP contribution in [0.4, 0.5) is 10.5 Å². The Kier molecular flexibility index (Phi) is 4.94. The third-order valence-corrected chi connectivity index (χ3v) is 3.48. The molecule has 0 aliphatic carbocycles. The Morgan fingerprint density at radius 2 is 1.87 bits per heavy atom. The van der Waals surface area contributed by atoms with Crippen LogP contribution in [-0.2, 0) is 19.1 Å². The van der Waals surface area contributed by atoms with Crippen LogP contribution in [0.15, 0.2) is 18.2 Å².